The van der Waals surface area contributed by atoms with Crippen LogP contribution in [-0.2, 0) is 4.74 Å². The highest BCUT2D eigenvalue weighted by Crippen LogP contribution is 2.27. The summed E-state index contributed by atoms with van der Waals surface area (Å²) in [5, 5.41) is 3.11. The lowest BCUT2D eigenvalue weighted by atomic mass is 10.0. The second-order valence-corrected chi connectivity index (χ2v) is 7.59. The van der Waals surface area contributed by atoms with Gasteiger partial charge in [0.05, 0.1) is 34.0 Å². The van der Waals surface area contributed by atoms with Crippen LogP contribution in [0, 0.1) is 0 Å². The fraction of sp³-hybridized carbons (Fsp3) is 0.435. The van der Waals surface area contributed by atoms with Crippen LogP contribution in [0.15, 0.2) is 42.5 Å². The molecule has 1 aliphatic heterocycles. The maximum absolute atomic E-state index is 12.8. The van der Waals surface area contributed by atoms with E-state index in [1.807, 2.05) is 14.1 Å². The molecule has 7 nitrogen and oxygen atoms in total. The van der Waals surface area contributed by atoms with E-state index in [9.17, 15) is 4.79 Å². The van der Waals surface area contributed by atoms with Crippen molar-refractivity contribution >= 4 is 11.6 Å². The largest absolute Gasteiger partial charge is 0.493 e. The number of carbonyl (C=O) groups excluding carboxylic acids is 1. The van der Waals surface area contributed by atoms with Crippen molar-refractivity contribution in [2.75, 3.05) is 66.1 Å². The summed E-state index contributed by atoms with van der Waals surface area (Å²) in [6, 6.07) is 13.9. The molecule has 0 spiro atoms. The molecular formula is C23H32N3O4+. The Morgan fingerprint density at radius 2 is 1.73 bits per heavy atom. The van der Waals surface area contributed by atoms with Gasteiger partial charge in [0.2, 0.25) is 0 Å². The summed E-state index contributed by atoms with van der Waals surface area (Å²) in [5.41, 5.74) is 2.92. The molecule has 7 heteroatoms. The van der Waals surface area contributed by atoms with Crippen LogP contribution in [0.2, 0.25) is 0 Å². The summed E-state index contributed by atoms with van der Waals surface area (Å²) in [5.74, 6) is 1.02. The first-order valence-electron chi connectivity index (χ1n) is 10.2. The number of hydrogen-bond acceptors (Lipinski definition) is 5. The molecule has 2 aromatic rings. The Balaban J connectivity index is 1.75. The van der Waals surface area contributed by atoms with Gasteiger partial charge in [-0.25, -0.2) is 0 Å². The summed E-state index contributed by atoms with van der Waals surface area (Å²) >= 11 is 0. The van der Waals surface area contributed by atoms with Gasteiger partial charge in [-0.05, 0) is 30.3 Å². The average Bonchev–Trinajstić information content (AvgIpc) is 2.79. The maximum atomic E-state index is 12.8. The number of morpholine rings is 1. The summed E-state index contributed by atoms with van der Waals surface area (Å²) in [7, 11) is 7.20. The molecule has 1 heterocycles. The van der Waals surface area contributed by atoms with Crippen molar-refractivity contribution in [3.8, 4) is 11.5 Å². The Kier molecular flexibility index (Phi) is 7.54. The standard InChI is InChI=1S/C23H31N3O4/c1-25(2)19-8-5-17(6-9-19)20(26-11-13-30-14-12-26)16-24-23(27)18-7-10-21(28-3)22(15-18)29-4/h5-10,15,20H,11-14,16H2,1-4H3,(H,24,27)/p+1/t20-/m1/s1. The van der Waals surface area contributed by atoms with Crippen LogP contribution >= 0.6 is 0 Å². The number of nitrogens with one attached hydrogen (secondary N) is 2. The van der Waals surface area contributed by atoms with E-state index in [4.69, 9.17) is 14.2 Å². The van der Waals surface area contributed by atoms with Gasteiger partial charge in [-0.15, -0.1) is 0 Å². The number of benzene rings is 2. The van der Waals surface area contributed by atoms with E-state index in [1.54, 1.807) is 32.4 Å². The Bertz CT molecular complexity index is 833. The first kappa shape index (κ1) is 21.9. The molecule has 0 aromatic heterocycles. The minimum atomic E-state index is -0.126. The third-order valence-corrected chi connectivity index (χ3v) is 5.55. The second-order valence-electron chi connectivity index (χ2n) is 7.59. The van der Waals surface area contributed by atoms with E-state index in [0.717, 1.165) is 32.0 Å². The lowest BCUT2D eigenvalue weighted by Gasteiger charge is -2.32. The average molecular weight is 415 g/mol. The highest BCUT2D eigenvalue weighted by molar-refractivity contribution is 5.94. The molecule has 1 aliphatic rings. The zero-order valence-electron chi connectivity index (χ0n) is 18.2. The smallest absolute Gasteiger partial charge is 0.251 e. The molecule has 1 amide bonds. The van der Waals surface area contributed by atoms with Gasteiger partial charge in [0.15, 0.2) is 11.5 Å². The predicted molar refractivity (Wildman–Crippen MR) is 117 cm³/mol. The van der Waals surface area contributed by atoms with E-state index < -0.39 is 0 Å². The topological polar surface area (TPSA) is 64.5 Å². The van der Waals surface area contributed by atoms with E-state index in [2.05, 4.69) is 34.5 Å². The fourth-order valence-corrected chi connectivity index (χ4v) is 3.76. The maximum Gasteiger partial charge on any atom is 0.251 e. The van der Waals surface area contributed by atoms with E-state index >= 15 is 0 Å². The monoisotopic (exact) mass is 414 g/mol. The minimum absolute atomic E-state index is 0.126. The van der Waals surface area contributed by atoms with Crippen LogP contribution in [0.1, 0.15) is 22.0 Å². The van der Waals surface area contributed by atoms with Crippen LogP contribution in [0.4, 0.5) is 5.69 Å². The van der Waals surface area contributed by atoms with Crippen LogP contribution < -0.4 is 24.6 Å². The number of rotatable bonds is 8. The van der Waals surface area contributed by atoms with E-state index in [1.165, 1.54) is 10.5 Å². The Morgan fingerprint density at radius 3 is 2.33 bits per heavy atom. The Hall–Kier alpha value is -2.77. The quantitative estimate of drug-likeness (QED) is 0.679. The molecule has 3 rings (SSSR count). The molecule has 2 N–H and O–H groups in total. The first-order valence-corrected chi connectivity index (χ1v) is 10.2. The van der Waals surface area contributed by atoms with Gasteiger partial charge in [-0.3, -0.25) is 4.79 Å². The molecule has 1 saturated heterocycles. The molecule has 0 saturated carbocycles. The first-order chi connectivity index (χ1) is 14.5. The van der Waals surface area contributed by atoms with Crippen LogP contribution in [0.3, 0.4) is 0 Å². The number of amides is 1. The summed E-state index contributed by atoms with van der Waals surface area (Å²) in [6.45, 7) is 3.87. The second kappa shape index (κ2) is 10.3. The molecule has 162 valence electrons. The van der Waals surface area contributed by atoms with E-state index in [0.29, 0.717) is 23.6 Å². The summed E-state index contributed by atoms with van der Waals surface area (Å²) < 4.78 is 16.1. The zero-order chi connectivity index (χ0) is 21.5. The number of quaternary nitrogens is 1. The molecule has 2 aromatic carbocycles. The predicted octanol–water partition coefficient (Wildman–Crippen LogP) is 1.16. The van der Waals surface area contributed by atoms with Crippen molar-refractivity contribution in [2.24, 2.45) is 0 Å². The zero-order valence-corrected chi connectivity index (χ0v) is 18.2. The number of methoxy groups -OCH3 is 2. The molecular weight excluding hydrogens is 382 g/mol. The van der Waals surface area contributed by atoms with Gasteiger partial charge >= 0.3 is 0 Å². The normalized spacial score (nSPS) is 15.3. The van der Waals surface area contributed by atoms with E-state index in [-0.39, 0.29) is 11.9 Å². The Labute approximate surface area is 178 Å². The van der Waals surface area contributed by atoms with Crippen LogP contribution in [0.25, 0.3) is 0 Å². The third-order valence-electron chi connectivity index (χ3n) is 5.55. The number of carbonyl (C=O) groups is 1. The minimum Gasteiger partial charge on any atom is -0.493 e. The van der Waals surface area contributed by atoms with Crippen molar-refractivity contribution in [2.45, 2.75) is 6.04 Å². The van der Waals surface area contributed by atoms with Crippen molar-refractivity contribution in [3.63, 3.8) is 0 Å². The fourth-order valence-electron chi connectivity index (χ4n) is 3.76. The van der Waals surface area contributed by atoms with Crippen molar-refractivity contribution in [1.82, 2.24) is 5.32 Å². The van der Waals surface area contributed by atoms with Crippen molar-refractivity contribution in [1.29, 1.82) is 0 Å². The molecule has 30 heavy (non-hydrogen) atoms. The van der Waals surface area contributed by atoms with Gasteiger partial charge in [-0.2, -0.15) is 0 Å². The molecule has 1 atom stereocenters. The third kappa shape index (κ3) is 5.23. The highest BCUT2D eigenvalue weighted by Gasteiger charge is 2.27. The lowest BCUT2D eigenvalue weighted by Crippen LogP contribution is -3.15. The number of nitrogens with zero attached hydrogens (tertiary/aromatic N) is 1. The van der Waals surface area contributed by atoms with Gasteiger partial charge in [0.1, 0.15) is 19.1 Å². The van der Waals surface area contributed by atoms with Crippen LogP contribution in [-0.4, -0.2) is 67.1 Å². The van der Waals surface area contributed by atoms with Crippen molar-refractivity contribution < 1.29 is 23.9 Å². The summed E-state index contributed by atoms with van der Waals surface area (Å²) in [4.78, 5) is 16.3. The van der Waals surface area contributed by atoms with Gasteiger partial charge < -0.3 is 29.3 Å². The Morgan fingerprint density at radius 1 is 1.07 bits per heavy atom. The molecule has 0 radical (unpaired) electrons. The molecule has 0 bridgehead atoms. The van der Waals surface area contributed by atoms with Crippen LogP contribution in [0.5, 0.6) is 11.5 Å². The van der Waals surface area contributed by atoms with Gasteiger partial charge in [-0.1, -0.05) is 12.1 Å². The highest BCUT2D eigenvalue weighted by atomic mass is 16.5. The SMILES string of the molecule is COc1ccc(C(=O)NC[C@H](c2ccc(N(C)C)cc2)[NH+]2CCOCC2)cc1OC. The number of anilines is 1. The molecule has 0 unspecified atom stereocenters. The van der Waals surface area contributed by atoms with Gasteiger partial charge in [0.25, 0.3) is 5.91 Å². The molecule has 1 fully saturated rings. The molecule has 0 aliphatic carbocycles. The van der Waals surface area contributed by atoms with Crippen molar-refractivity contribution in [3.05, 3.63) is 53.6 Å². The summed E-state index contributed by atoms with van der Waals surface area (Å²) in [6.07, 6.45) is 0. The lowest BCUT2D eigenvalue weighted by molar-refractivity contribution is -0.937. The van der Waals surface area contributed by atoms with Gasteiger partial charge in [0, 0.05) is 30.9 Å². The number of ether oxygens (including phenoxy) is 3. The number of hydrogen-bond donors (Lipinski definition) is 2.